The first-order chi connectivity index (χ1) is 8.65. The van der Waals surface area contributed by atoms with Crippen LogP contribution in [-0.2, 0) is 17.6 Å². The highest BCUT2D eigenvalue weighted by molar-refractivity contribution is 9.10. The Bertz CT molecular complexity index is 549. The van der Waals surface area contributed by atoms with Crippen LogP contribution in [0.15, 0.2) is 47.1 Å². The molecule has 18 heavy (non-hydrogen) atoms. The normalized spacial score (nSPS) is 10.3. The van der Waals surface area contributed by atoms with Gasteiger partial charge in [-0.2, -0.15) is 0 Å². The Labute approximate surface area is 115 Å². The summed E-state index contributed by atoms with van der Waals surface area (Å²) in [5, 5.41) is 0. The lowest BCUT2D eigenvalue weighted by Crippen LogP contribution is -2.08. The number of hydrogen-bond acceptors (Lipinski definition) is 2. The van der Waals surface area contributed by atoms with Crippen molar-refractivity contribution >= 4 is 21.7 Å². The lowest BCUT2D eigenvalue weighted by atomic mass is 10.0. The van der Waals surface area contributed by atoms with E-state index < -0.39 is 0 Å². The number of carbonyl (C=O) groups is 1. The standard InChI is InChI=1S/C15H14BrNO/c1-11-4-2-3-5-12(11)8-15(18)9-14-7-6-13(16)10-17-14/h2-7,10H,8-9H2,1H3. The molecule has 2 nitrogen and oxygen atoms in total. The first-order valence-electron chi connectivity index (χ1n) is 5.82. The van der Waals surface area contributed by atoms with Crippen LogP contribution in [0.1, 0.15) is 16.8 Å². The Balaban J connectivity index is 2.01. The second kappa shape index (κ2) is 5.91. The summed E-state index contributed by atoms with van der Waals surface area (Å²) in [4.78, 5) is 16.2. The van der Waals surface area contributed by atoms with Crippen molar-refractivity contribution in [2.45, 2.75) is 19.8 Å². The zero-order chi connectivity index (χ0) is 13.0. The molecule has 1 heterocycles. The van der Waals surface area contributed by atoms with Gasteiger partial charge in [0.15, 0.2) is 0 Å². The minimum atomic E-state index is 0.194. The Morgan fingerprint density at radius 2 is 1.94 bits per heavy atom. The minimum absolute atomic E-state index is 0.194. The number of rotatable bonds is 4. The molecule has 0 saturated carbocycles. The summed E-state index contributed by atoms with van der Waals surface area (Å²) in [7, 11) is 0. The highest BCUT2D eigenvalue weighted by atomic mass is 79.9. The SMILES string of the molecule is Cc1ccccc1CC(=O)Cc1ccc(Br)cn1. The van der Waals surface area contributed by atoms with Gasteiger partial charge in [-0.15, -0.1) is 0 Å². The van der Waals surface area contributed by atoms with Crippen LogP contribution in [-0.4, -0.2) is 10.8 Å². The van der Waals surface area contributed by atoms with Crippen molar-refractivity contribution in [1.29, 1.82) is 0 Å². The molecule has 0 aliphatic carbocycles. The Kier molecular flexibility index (Phi) is 4.26. The van der Waals surface area contributed by atoms with Crippen LogP contribution in [0.25, 0.3) is 0 Å². The number of hydrogen-bond donors (Lipinski definition) is 0. The minimum Gasteiger partial charge on any atom is -0.299 e. The number of benzene rings is 1. The Morgan fingerprint density at radius 3 is 2.61 bits per heavy atom. The molecule has 0 spiro atoms. The molecule has 0 atom stereocenters. The fraction of sp³-hybridized carbons (Fsp3) is 0.200. The fourth-order valence-corrected chi connectivity index (χ4v) is 2.03. The number of ketones is 1. The van der Waals surface area contributed by atoms with Gasteiger partial charge in [0.2, 0.25) is 0 Å². The molecule has 2 rings (SSSR count). The van der Waals surface area contributed by atoms with Gasteiger partial charge < -0.3 is 0 Å². The van der Waals surface area contributed by atoms with Gasteiger partial charge in [0, 0.05) is 29.2 Å². The third kappa shape index (κ3) is 3.50. The molecule has 0 fully saturated rings. The van der Waals surface area contributed by atoms with Gasteiger partial charge in [-0.3, -0.25) is 9.78 Å². The molecule has 1 aromatic carbocycles. The maximum Gasteiger partial charge on any atom is 0.143 e. The van der Waals surface area contributed by atoms with Crippen LogP contribution in [0.2, 0.25) is 0 Å². The molecular weight excluding hydrogens is 290 g/mol. The van der Waals surface area contributed by atoms with Gasteiger partial charge in [0.1, 0.15) is 5.78 Å². The summed E-state index contributed by atoms with van der Waals surface area (Å²) in [6.45, 7) is 2.03. The predicted octanol–water partition coefficient (Wildman–Crippen LogP) is 3.51. The van der Waals surface area contributed by atoms with Gasteiger partial charge in [-0.05, 0) is 46.1 Å². The molecule has 0 N–H and O–H groups in total. The summed E-state index contributed by atoms with van der Waals surface area (Å²) in [5.74, 6) is 0.194. The number of nitrogens with zero attached hydrogens (tertiary/aromatic N) is 1. The summed E-state index contributed by atoms with van der Waals surface area (Å²) in [6, 6.07) is 11.8. The third-order valence-corrected chi connectivity index (χ3v) is 3.28. The molecule has 0 radical (unpaired) electrons. The molecule has 0 aliphatic rings. The Morgan fingerprint density at radius 1 is 1.17 bits per heavy atom. The van der Waals surface area contributed by atoms with E-state index >= 15 is 0 Å². The van der Waals surface area contributed by atoms with Gasteiger partial charge in [0.05, 0.1) is 0 Å². The lowest BCUT2D eigenvalue weighted by molar-refractivity contribution is -0.117. The van der Waals surface area contributed by atoms with E-state index in [4.69, 9.17) is 0 Å². The zero-order valence-corrected chi connectivity index (χ0v) is 11.8. The molecule has 0 unspecified atom stereocenters. The van der Waals surface area contributed by atoms with E-state index in [0.717, 1.165) is 21.3 Å². The second-order valence-electron chi connectivity index (χ2n) is 4.29. The highest BCUT2D eigenvalue weighted by Gasteiger charge is 2.07. The molecule has 92 valence electrons. The lowest BCUT2D eigenvalue weighted by Gasteiger charge is -2.04. The number of pyridine rings is 1. The maximum atomic E-state index is 12.0. The molecule has 2 aromatic rings. The number of halogens is 1. The average Bonchev–Trinajstić information content (AvgIpc) is 2.35. The van der Waals surface area contributed by atoms with E-state index in [2.05, 4.69) is 20.9 Å². The predicted molar refractivity (Wildman–Crippen MR) is 75.5 cm³/mol. The summed E-state index contributed by atoms with van der Waals surface area (Å²) in [5.41, 5.74) is 3.08. The zero-order valence-electron chi connectivity index (χ0n) is 10.2. The molecule has 3 heteroatoms. The van der Waals surface area contributed by atoms with Crippen molar-refractivity contribution in [3.63, 3.8) is 0 Å². The van der Waals surface area contributed by atoms with Gasteiger partial charge in [0.25, 0.3) is 0 Å². The third-order valence-electron chi connectivity index (χ3n) is 2.82. The summed E-state index contributed by atoms with van der Waals surface area (Å²) >= 11 is 3.33. The second-order valence-corrected chi connectivity index (χ2v) is 5.20. The topological polar surface area (TPSA) is 30.0 Å². The van der Waals surface area contributed by atoms with E-state index in [1.165, 1.54) is 0 Å². The number of aryl methyl sites for hydroxylation is 1. The van der Waals surface area contributed by atoms with Gasteiger partial charge >= 0.3 is 0 Å². The van der Waals surface area contributed by atoms with E-state index in [0.29, 0.717) is 12.8 Å². The first-order valence-corrected chi connectivity index (χ1v) is 6.61. The monoisotopic (exact) mass is 303 g/mol. The van der Waals surface area contributed by atoms with Crippen LogP contribution in [0.3, 0.4) is 0 Å². The largest absolute Gasteiger partial charge is 0.299 e. The van der Waals surface area contributed by atoms with Crippen molar-refractivity contribution in [2.24, 2.45) is 0 Å². The summed E-state index contributed by atoms with van der Waals surface area (Å²) < 4.78 is 0.928. The van der Waals surface area contributed by atoms with Crippen LogP contribution in [0, 0.1) is 6.92 Å². The van der Waals surface area contributed by atoms with Crippen molar-refractivity contribution in [3.8, 4) is 0 Å². The smallest absolute Gasteiger partial charge is 0.143 e. The van der Waals surface area contributed by atoms with Crippen molar-refractivity contribution in [1.82, 2.24) is 4.98 Å². The molecule has 0 amide bonds. The molecule has 0 aliphatic heterocycles. The molecular formula is C15H14BrNO. The molecule has 0 bridgehead atoms. The molecule has 0 saturated heterocycles. The van der Waals surface area contributed by atoms with Gasteiger partial charge in [-0.1, -0.05) is 24.3 Å². The van der Waals surface area contributed by atoms with Gasteiger partial charge in [-0.25, -0.2) is 0 Å². The number of carbonyl (C=O) groups excluding carboxylic acids is 1. The van der Waals surface area contributed by atoms with Crippen molar-refractivity contribution in [2.75, 3.05) is 0 Å². The van der Waals surface area contributed by atoms with E-state index in [-0.39, 0.29) is 5.78 Å². The van der Waals surface area contributed by atoms with E-state index in [1.807, 2.05) is 43.3 Å². The fourth-order valence-electron chi connectivity index (χ4n) is 1.80. The van der Waals surface area contributed by atoms with Crippen LogP contribution < -0.4 is 0 Å². The van der Waals surface area contributed by atoms with Crippen molar-refractivity contribution < 1.29 is 4.79 Å². The van der Waals surface area contributed by atoms with Crippen LogP contribution in [0.4, 0.5) is 0 Å². The van der Waals surface area contributed by atoms with E-state index in [1.54, 1.807) is 6.20 Å². The quantitative estimate of drug-likeness (QED) is 0.865. The van der Waals surface area contributed by atoms with E-state index in [9.17, 15) is 4.79 Å². The maximum absolute atomic E-state index is 12.0. The highest BCUT2D eigenvalue weighted by Crippen LogP contribution is 2.11. The Hall–Kier alpha value is -1.48. The summed E-state index contributed by atoms with van der Waals surface area (Å²) in [6.07, 6.45) is 2.59. The first kappa shape index (κ1) is 13.0. The molecule has 1 aromatic heterocycles. The van der Waals surface area contributed by atoms with Crippen molar-refractivity contribution in [3.05, 3.63) is 63.9 Å². The van der Waals surface area contributed by atoms with Crippen LogP contribution >= 0.6 is 15.9 Å². The van der Waals surface area contributed by atoms with Crippen LogP contribution in [0.5, 0.6) is 0 Å². The number of aromatic nitrogens is 1. The average molecular weight is 304 g/mol. The number of Topliss-reactive ketones (excluding diaryl/α,β-unsaturated/α-hetero) is 1.